The highest BCUT2D eigenvalue weighted by Crippen LogP contribution is 2.53. The summed E-state index contributed by atoms with van der Waals surface area (Å²) in [5.74, 6) is 1.80. The first-order chi connectivity index (χ1) is 5.93. The highest BCUT2D eigenvalue weighted by molar-refractivity contribution is 5.27. The van der Waals surface area contributed by atoms with Gasteiger partial charge in [-0.1, -0.05) is 0 Å². The van der Waals surface area contributed by atoms with Crippen LogP contribution in [0.4, 0.5) is 0 Å². The zero-order valence-electron chi connectivity index (χ0n) is 6.99. The van der Waals surface area contributed by atoms with Crippen molar-refractivity contribution in [1.82, 2.24) is 5.32 Å². The smallest absolute Gasteiger partial charge is 0.105 e. The van der Waals surface area contributed by atoms with Gasteiger partial charge in [-0.15, -0.1) is 0 Å². The third-order valence-corrected chi connectivity index (χ3v) is 4.10. The van der Waals surface area contributed by atoms with Gasteiger partial charge in [0.25, 0.3) is 0 Å². The van der Waals surface area contributed by atoms with Crippen LogP contribution in [0.3, 0.4) is 0 Å². The fourth-order valence-electron chi connectivity index (χ4n) is 3.52. The molecule has 2 saturated carbocycles. The number of ether oxygens (including phenoxy) is 1. The number of rotatable bonds is 0. The van der Waals surface area contributed by atoms with Gasteiger partial charge in [-0.05, 0) is 37.0 Å². The molecule has 0 aromatic carbocycles. The van der Waals surface area contributed by atoms with E-state index < -0.39 is 0 Å². The van der Waals surface area contributed by atoms with Crippen LogP contribution in [-0.2, 0) is 4.74 Å². The minimum atomic E-state index is 0.568. The zero-order chi connectivity index (χ0) is 7.71. The molecule has 5 unspecified atom stereocenters. The van der Waals surface area contributed by atoms with Gasteiger partial charge >= 0.3 is 0 Å². The molecule has 1 N–H and O–H groups in total. The lowest BCUT2D eigenvalue weighted by Gasteiger charge is -2.27. The van der Waals surface area contributed by atoms with Crippen molar-refractivity contribution in [3.05, 3.63) is 11.8 Å². The van der Waals surface area contributed by atoms with Crippen molar-refractivity contribution in [3.63, 3.8) is 0 Å². The third-order valence-electron chi connectivity index (χ3n) is 4.10. The van der Waals surface area contributed by atoms with Gasteiger partial charge in [0.2, 0.25) is 0 Å². The molecule has 4 aliphatic rings. The first-order valence-electron chi connectivity index (χ1n) is 5.04. The molecular formula is C10H13NO. The zero-order valence-corrected chi connectivity index (χ0v) is 6.99. The molecule has 64 valence electrons. The summed E-state index contributed by atoms with van der Waals surface area (Å²) < 4.78 is 5.65. The number of hydrogen-bond donors (Lipinski definition) is 1. The van der Waals surface area contributed by atoms with Crippen molar-refractivity contribution >= 4 is 0 Å². The van der Waals surface area contributed by atoms with E-state index in [2.05, 4.69) is 11.5 Å². The van der Waals surface area contributed by atoms with Crippen LogP contribution in [0.25, 0.3) is 0 Å². The highest BCUT2D eigenvalue weighted by Gasteiger charge is 2.58. The van der Waals surface area contributed by atoms with E-state index in [1.807, 2.05) is 0 Å². The Morgan fingerprint density at radius 2 is 2.50 bits per heavy atom. The molecule has 2 aliphatic carbocycles. The Kier molecular flexibility index (Phi) is 0.862. The molecule has 0 aromatic heterocycles. The highest BCUT2D eigenvalue weighted by atomic mass is 16.6. The number of nitrogens with one attached hydrogen (secondary N) is 1. The van der Waals surface area contributed by atoms with Crippen LogP contribution in [0, 0.1) is 11.8 Å². The quantitative estimate of drug-likeness (QED) is 0.540. The number of fused-ring (bicyclic) bond motifs is 2. The van der Waals surface area contributed by atoms with E-state index in [0.29, 0.717) is 18.2 Å². The molecule has 0 spiro atoms. The van der Waals surface area contributed by atoms with Crippen LogP contribution in [-0.4, -0.2) is 18.2 Å². The maximum Gasteiger partial charge on any atom is 0.105 e. The first kappa shape index (κ1) is 6.03. The molecule has 0 radical (unpaired) electrons. The van der Waals surface area contributed by atoms with Crippen LogP contribution < -0.4 is 5.32 Å². The van der Waals surface area contributed by atoms with Crippen LogP contribution in [0.1, 0.15) is 19.3 Å². The van der Waals surface area contributed by atoms with Crippen molar-refractivity contribution in [3.8, 4) is 0 Å². The number of hydrogen-bond acceptors (Lipinski definition) is 2. The van der Waals surface area contributed by atoms with Gasteiger partial charge in [-0.25, -0.2) is 0 Å². The van der Waals surface area contributed by atoms with Gasteiger partial charge in [-0.3, -0.25) is 0 Å². The second-order valence-corrected chi connectivity index (χ2v) is 4.61. The van der Waals surface area contributed by atoms with Gasteiger partial charge in [0, 0.05) is 5.92 Å². The SMILES string of the molecule is C1=C2CCC3CC4OC4C(N1)C23. The molecule has 3 fully saturated rings. The first-order valence-corrected chi connectivity index (χ1v) is 5.04. The minimum absolute atomic E-state index is 0.568. The van der Waals surface area contributed by atoms with Crippen LogP contribution in [0.15, 0.2) is 11.8 Å². The Morgan fingerprint density at radius 3 is 3.50 bits per heavy atom. The lowest BCUT2D eigenvalue weighted by molar-refractivity contribution is 0.289. The minimum Gasteiger partial charge on any atom is -0.385 e. The van der Waals surface area contributed by atoms with Gasteiger partial charge < -0.3 is 10.1 Å². The van der Waals surface area contributed by atoms with E-state index in [-0.39, 0.29) is 0 Å². The molecule has 2 heterocycles. The Morgan fingerprint density at radius 1 is 1.50 bits per heavy atom. The topological polar surface area (TPSA) is 24.6 Å². The van der Waals surface area contributed by atoms with E-state index in [0.717, 1.165) is 11.8 Å². The summed E-state index contributed by atoms with van der Waals surface area (Å²) in [6, 6.07) is 0.659. The van der Waals surface area contributed by atoms with Crippen LogP contribution in [0.5, 0.6) is 0 Å². The molecule has 5 atom stereocenters. The lowest BCUT2D eigenvalue weighted by atomic mass is 9.78. The Balaban J connectivity index is 1.79. The molecular weight excluding hydrogens is 150 g/mol. The average Bonchev–Trinajstić information content (AvgIpc) is 2.57. The summed E-state index contributed by atoms with van der Waals surface area (Å²) in [4.78, 5) is 0. The van der Waals surface area contributed by atoms with Gasteiger partial charge in [0.05, 0.1) is 12.1 Å². The maximum absolute atomic E-state index is 5.65. The standard InChI is InChI=1S/C10H13NO/c1-2-6-4-11-9-8(6)5(1)3-7-10(9)12-7/h4-5,7-11H,1-3H2. The average molecular weight is 163 g/mol. The number of epoxide rings is 1. The second kappa shape index (κ2) is 1.72. The van der Waals surface area contributed by atoms with Crippen LogP contribution >= 0.6 is 0 Å². The van der Waals surface area contributed by atoms with Gasteiger partial charge in [0.15, 0.2) is 0 Å². The Hall–Kier alpha value is -0.500. The molecule has 4 rings (SSSR count). The summed E-state index contributed by atoms with van der Waals surface area (Å²) in [5, 5.41) is 3.49. The van der Waals surface area contributed by atoms with E-state index in [1.54, 1.807) is 5.57 Å². The molecule has 0 aromatic rings. The van der Waals surface area contributed by atoms with Crippen LogP contribution in [0.2, 0.25) is 0 Å². The summed E-state index contributed by atoms with van der Waals surface area (Å²) in [5.41, 5.74) is 1.68. The largest absolute Gasteiger partial charge is 0.385 e. The molecule has 2 aliphatic heterocycles. The van der Waals surface area contributed by atoms with Crippen molar-refractivity contribution in [2.75, 3.05) is 0 Å². The van der Waals surface area contributed by atoms with E-state index in [4.69, 9.17) is 4.74 Å². The fourth-order valence-corrected chi connectivity index (χ4v) is 3.52. The monoisotopic (exact) mass is 163 g/mol. The predicted octanol–water partition coefficient (Wildman–Crippen LogP) is 1.04. The van der Waals surface area contributed by atoms with E-state index in [9.17, 15) is 0 Å². The van der Waals surface area contributed by atoms with Crippen molar-refractivity contribution in [2.45, 2.75) is 37.5 Å². The molecule has 12 heavy (non-hydrogen) atoms. The van der Waals surface area contributed by atoms with Crippen molar-refractivity contribution < 1.29 is 4.74 Å². The van der Waals surface area contributed by atoms with E-state index in [1.165, 1.54) is 19.3 Å². The summed E-state index contributed by atoms with van der Waals surface area (Å²) in [6.07, 6.45) is 7.55. The third kappa shape index (κ3) is 0.545. The fraction of sp³-hybridized carbons (Fsp3) is 0.800. The second-order valence-electron chi connectivity index (χ2n) is 4.61. The van der Waals surface area contributed by atoms with Crippen molar-refractivity contribution in [1.29, 1.82) is 0 Å². The summed E-state index contributed by atoms with van der Waals surface area (Å²) in [7, 11) is 0. The lowest BCUT2D eigenvalue weighted by Crippen LogP contribution is -2.40. The normalized spacial score (nSPS) is 58.7. The molecule has 1 saturated heterocycles. The Bertz CT molecular complexity index is 273. The summed E-state index contributed by atoms with van der Waals surface area (Å²) >= 11 is 0. The molecule has 0 bridgehead atoms. The molecule has 2 nitrogen and oxygen atoms in total. The molecule has 2 heteroatoms. The van der Waals surface area contributed by atoms with Crippen molar-refractivity contribution in [2.24, 2.45) is 11.8 Å². The Labute approximate surface area is 72.0 Å². The van der Waals surface area contributed by atoms with E-state index >= 15 is 0 Å². The van der Waals surface area contributed by atoms with Gasteiger partial charge in [0.1, 0.15) is 6.10 Å². The molecule has 0 amide bonds. The maximum atomic E-state index is 5.65. The van der Waals surface area contributed by atoms with Gasteiger partial charge in [-0.2, -0.15) is 0 Å². The summed E-state index contributed by atoms with van der Waals surface area (Å²) in [6.45, 7) is 0. The predicted molar refractivity (Wildman–Crippen MR) is 44.5 cm³/mol.